The summed E-state index contributed by atoms with van der Waals surface area (Å²) in [7, 11) is 0. The third-order valence-electron chi connectivity index (χ3n) is 6.41. The number of hydrogen-bond acceptors (Lipinski definition) is 0. The summed E-state index contributed by atoms with van der Waals surface area (Å²) in [5.41, 5.74) is 0.717. The Morgan fingerprint density at radius 2 is 0.771 bits per heavy atom. The molecule has 0 heterocycles. The molecule has 0 aliphatic heterocycles. The Kier molecular flexibility index (Phi) is 4.81. The SMILES string of the molecule is Fc1c(F)c(F)c(-c2c3ccccc3c(-c3ccccc3)c3cc4ccccc4cc23)c(F)c1F. The first-order valence-corrected chi connectivity index (χ1v) is 10.9. The van der Waals surface area contributed by atoms with Gasteiger partial charge < -0.3 is 0 Å². The van der Waals surface area contributed by atoms with E-state index in [4.69, 9.17) is 0 Å². The predicted molar refractivity (Wildman–Crippen MR) is 130 cm³/mol. The van der Waals surface area contributed by atoms with E-state index in [2.05, 4.69) is 0 Å². The number of fused-ring (bicyclic) bond motifs is 3. The van der Waals surface area contributed by atoms with E-state index in [0.717, 1.165) is 21.9 Å². The maximum Gasteiger partial charge on any atom is 0.200 e. The van der Waals surface area contributed by atoms with Gasteiger partial charge in [-0.1, -0.05) is 78.9 Å². The zero-order valence-corrected chi connectivity index (χ0v) is 18.1. The summed E-state index contributed by atoms with van der Waals surface area (Å²) < 4.78 is 72.9. The quantitative estimate of drug-likeness (QED) is 0.102. The highest BCUT2D eigenvalue weighted by Crippen LogP contribution is 2.46. The largest absolute Gasteiger partial charge is 0.203 e. The highest BCUT2D eigenvalue weighted by Gasteiger charge is 2.29. The van der Waals surface area contributed by atoms with Gasteiger partial charge in [-0.2, -0.15) is 0 Å². The Morgan fingerprint density at radius 3 is 1.34 bits per heavy atom. The molecule has 0 bridgehead atoms. The predicted octanol–water partition coefficient (Wildman–Crippen LogP) is 9.18. The fourth-order valence-electron chi connectivity index (χ4n) is 4.87. The molecule has 0 aliphatic carbocycles. The van der Waals surface area contributed by atoms with Crippen LogP contribution in [-0.2, 0) is 0 Å². The van der Waals surface area contributed by atoms with Crippen molar-refractivity contribution < 1.29 is 22.0 Å². The first kappa shape index (κ1) is 21.3. The second-order valence-electron chi connectivity index (χ2n) is 8.35. The number of rotatable bonds is 2. The third-order valence-corrected chi connectivity index (χ3v) is 6.41. The molecule has 0 atom stereocenters. The lowest BCUT2D eigenvalue weighted by Gasteiger charge is -2.19. The first-order chi connectivity index (χ1) is 17.0. The molecule has 6 aromatic carbocycles. The van der Waals surface area contributed by atoms with Crippen LogP contribution in [0.5, 0.6) is 0 Å². The number of halogens is 5. The average molecular weight is 470 g/mol. The molecular formula is C30H15F5. The fourth-order valence-corrected chi connectivity index (χ4v) is 4.87. The molecule has 0 aliphatic rings. The summed E-state index contributed by atoms with van der Waals surface area (Å²) >= 11 is 0. The minimum absolute atomic E-state index is 0.0335. The van der Waals surface area contributed by atoms with Gasteiger partial charge in [-0.15, -0.1) is 0 Å². The van der Waals surface area contributed by atoms with Crippen LogP contribution < -0.4 is 0 Å². The van der Waals surface area contributed by atoms with Crippen molar-refractivity contribution in [1.82, 2.24) is 0 Å². The summed E-state index contributed by atoms with van der Waals surface area (Å²) in [5.74, 6) is -9.82. The monoisotopic (exact) mass is 470 g/mol. The van der Waals surface area contributed by atoms with Crippen LogP contribution in [0.2, 0.25) is 0 Å². The molecule has 0 saturated carbocycles. The lowest BCUT2D eigenvalue weighted by atomic mass is 9.84. The van der Waals surface area contributed by atoms with Crippen LogP contribution in [-0.4, -0.2) is 0 Å². The van der Waals surface area contributed by atoms with Crippen LogP contribution >= 0.6 is 0 Å². The molecule has 5 heteroatoms. The minimum atomic E-state index is -2.18. The van der Waals surface area contributed by atoms with Gasteiger partial charge in [0.05, 0.1) is 5.56 Å². The van der Waals surface area contributed by atoms with Crippen molar-refractivity contribution in [2.45, 2.75) is 0 Å². The lowest BCUT2D eigenvalue weighted by Crippen LogP contribution is -2.05. The molecule has 0 fully saturated rings. The number of benzene rings is 6. The molecule has 35 heavy (non-hydrogen) atoms. The Balaban J connectivity index is 1.92. The van der Waals surface area contributed by atoms with E-state index in [0.29, 0.717) is 21.5 Å². The van der Waals surface area contributed by atoms with Crippen molar-refractivity contribution in [2.24, 2.45) is 0 Å². The highest BCUT2D eigenvalue weighted by molar-refractivity contribution is 6.23. The van der Waals surface area contributed by atoms with Crippen LogP contribution in [0.1, 0.15) is 0 Å². The van der Waals surface area contributed by atoms with Crippen LogP contribution in [0.15, 0.2) is 91.0 Å². The Hall–Kier alpha value is -4.25. The molecule has 0 unspecified atom stereocenters. The first-order valence-electron chi connectivity index (χ1n) is 10.9. The molecule has 0 aromatic heterocycles. The summed E-state index contributed by atoms with van der Waals surface area (Å²) in [6.07, 6.45) is 0. The van der Waals surface area contributed by atoms with Gasteiger partial charge in [-0.25, -0.2) is 22.0 Å². The molecular weight excluding hydrogens is 455 g/mol. The van der Waals surface area contributed by atoms with Gasteiger partial charge in [-0.05, 0) is 55.6 Å². The lowest BCUT2D eigenvalue weighted by molar-refractivity contribution is 0.381. The fraction of sp³-hybridized carbons (Fsp3) is 0. The second-order valence-corrected chi connectivity index (χ2v) is 8.35. The summed E-state index contributed by atoms with van der Waals surface area (Å²) in [4.78, 5) is 0. The Labute approximate surface area is 196 Å². The molecule has 0 radical (unpaired) electrons. The molecule has 6 aromatic rings. The summed E-state index contributed by atoms with van der Waals surface area (Å²) in [6, 6.07) is 27.5. The molecule has 0 amide bonds. The molecule has 6 rings (SSSR count). The van der Waals surface area contributed by atoms with Crippen molar-refractivity contribution in [3.05, 3.63) is 120 Å². The summed E-state index contributed by atoms with van der Waals surface area (Å²) in [5, 5.41) is 3.73. The maximum atomic E-state index is 15.2. The standard InChI is InChI=1S/C30H15F5/c31-26-25(27(32)29(34)30(35)28(26)33)24-20-13-7-6-12-19(20)23(16-8-2-1-3-9-16)21-14-17-10-4-5-11-18(17)15-22(21)24/h1-15H. The number of hydrogen-bond donors (Lipinski definition) is 0. The van der Waals surface area contributed by atoms with E-state index in [1.807, 2.05) is 60.7 Å². The summed E-state index contributed by atoms with van der Waals surface area (Å²) in [6.45, 7) is 0. The van der Waals surface area contributed by atoms with E-state index in [1.165, 1.54) is 0 Å². The van der Waals surface area contributed by atoms with E-state index in [1.54, 1.807) is 30.3 Å². The van der Waals surface area contributed by atoms with Crippen molar-refractivity contribution >= 4 is 32.3 Å². The van der Waals surface area contributed by atoms with E-state index in [-0.39, 0.29) is 5.56 Å². The van der Waals surface area contributed by atoms with E-state index in [9.17, 15) is 13.2 Å². The van der Waals surface area contributed by atoms with Gasteiger partial charge in [0.15, 0.2) is 23.3 Å². The van der Waals surface area contributed by atoms with Crippen LogP contribution in [0.3, 0.4) is 0 Å². The Morgan fingerprint density at radius 1 is 0.343 bits per heavy atom. The average Bonchev–Trinajstić information content (AvgIpc) is 2.90. The van der Waals surface area contributed by atoms with Crippen LogP contribution in [0.25, 0.3) is 54.6 Å². The third kappa shape index (κ3) is 3.12. The van der Waals surface area contributed by atoms with Gasteiger partial charge in [0.2, 0.25) is 5.82 Å². The topological polar surface area (TPSA) is 0 Å². The van der Waals surface area contributed by atoms with E-state index >= 15 is 8.78 Å². The van der Waals surface area contributed by atoms with Gasteiger partial charge in [-0.3, -0.25) is 0 Å². The maximum absolute atomic E-state index is 15.2. The zero-order valence-electron chi connectivity index (χ0n) is 18.1. The molecule has 0 saturated heterocycles. The van der Waals surface area contributed by atoms with Crippen LogP contribution in [0, 0.1) is 29.1 Å². The van der Waals surface area contributed by atoms with Crippen molar-refractivity contribution in [2.75, 3.05) is 0 Å². The minimum Gasteiger partial charge on any atom is -0.203 e. The van der Waals surface area contributed by atoms with Crippen molar-refractivity contribution in [3.63, 3.8) is 0 Å². The normalized spacial score (nSPS) is 11.6. The highest BCUT2D eigenvalue weighted by atomic mass is 19.2. The molecule has 0 nitrogen and oxygen atoms in total. The second kappa shape index (κ2) is 7.91. The zero-order chi connectivity index (χ0) is 24.3. The van der Waals surface area contributed by atoms with Crippen molar-refractivity contribution in [1.29, 1.82) is 0 Å². The van der Waals surface area contributed by atoms with Crippen molar-refractivity contribution in [3.8, 4) is 22.3 Å². The smallest absolute Gasteiger partial charge is 0.200 e. The van der Waals surface area contributed by atoms with Gasteiger partial charge in [0, 0.05) is 5.56 Å². The Bertz CT molecular complexity index is 1760. The van der Waals surface area contributed by atoms with Gasteiger partial charge in [0.1, 0.15) is 0 Å². The van der Waals surface area contributed by atoms with Gasteiger partial charge >= 0.3 is 0 Å². The molecule has 0 N–H and O–H groups in total. The molecule has 170 valence electrons. The molecule has 0 spiro atoms. The van der Waals surface area contributed by atoms with E-state index < -0.39 is 34.6 Å². The van der Waals surface area contributed by atoms with Crippen LogP contribution in [0.4, 0.5) is 22.0 Å². The van der Waals surface area contributed by atoms with Gasteiger partial charge in [0.25, 0.3) is 0 Å².